The molecule has 0 spiro atoms. The van der Waals surface area contributed by atoms with Crippen molar-refractivity contribution in [3.63, 3.8) is 0 Å². The van der Waals surface area contributed by atoms with Gasteiger partial charge in [0.1, 0.15) is 0 Å². The van der Waals surface area contributed by atoms with Crippen molar-refractivity contribution in [1.82, 2.24) is 0 Å². The molecule has 0 aromatic rings. The zero-order valence-corrected chi connectivity index (χ0v) is 5.87. The first kappa shape index (κ1) is 7.57. The Bertz CT molecular complexity index is 112. The summed E-state index contributed by atoms with van der Waals surface area (Å²) in [5, 5.41) is 1.98. The molecule has 0 aliphatic carbocycles. The lowest BCUT2D eigenvalue weighted by Crippen LogP contribution is -1.55. The molecule has 0 aliphatic heterocycles. The third-order valence-corrected chi connectivity index (χ3v) is 1.46. The maximum absolute atomic E-state index is 3.70. The first-order chi connectivity index (χ1) is 3.81. The summed E-state index contributed by atoms with van der Waals surface area (Å²) in [6.07, 6.45) is 3.71. The lowest BCUT2D eigenvalue weighted by atomic mass is 10.6. The Labute approximate surface area is 55.0 Å². The van der Waals surface area contributed by atoms with Crippen LogP contribution in [0.15, 0.2) is 35.6 Å². The average Bonchev–Trinajstić information content (AvgIpc) is 1.83. The first-order valence-corrected chi connectivity index (χ1v) is 3.28. The molecule has 0 nitrogen and oxygen atoms in total. The van der Waals surface area contributed by atoms with E-state index < -0.39 is 0 Å². The van der Waals surface area contributed by atoms with Crippen LogP contribution in [0, 0.1) is 0 Å². The van der Waals surface area contributed by atoms with Gasteiger partial charge in [0.2, 0.25) is 0 Å². The molecule has 0 aromatic carbocycles. The molecular weight excluding hydrogens is 116 g/mol. The molecule has 44 valence electrons. The van der Waals surface area contributed by atoms with Crippen LogP contribution in [0.4, 0.5) is 0 Å². The summed E-state index contributed by atoms with van der Waals surface area (Å²) in [7, 11) is 0. The Morgan fingerprint density at radius 1 is 1.62 bits per heavy atom. The second kappa shape index (κ2) is 4.72. The maximum Gasteiger partial charge on any atom is 0.00379 e. The minimum atomic E-state index is 0.989. The Morgan fingerprint density at radius 2 is 2.25 bits per heavy atom. The Hall–Kier alpha value is -0.430. The summed E-state index contributed by atoms with van der Waals surface area (Å²) in [5.74, 6) is 0. The SMILES string of the molecule is C=CC(=C)S/C=C\C. The van der Waals surface area contributed by atoms with Crippen molar-refractivity contribution in [1.29, 1.82) is 0 Å². The van der Waals surface area contributed by atoms with Gasteiger partial charge in [0, 0.05) is 4.91 Å². The Balaban J connectivity index is 3.39. The van der Waals surface area contributed by atoms with E-state index in [0.717, 1.165) is 4.91 Å². The van der Waals surface area contributed by atoms with Gasteiger partial charge in [-0.15, -0.1) is 0 Å². The molecule has 0 unspecified atom stereocenters. The normalized spacial score (nSPS) is 9.62. The third kappa shape index (κ3) is 3.75. The van der Waals surface area contributed by atoms with E-state index in [1.54, 1.807) is 17.8 Å². The standard InChI is InChI=1S/C7H10S/c1-4-6-8-7(3)5-2/h4-6H,2-3H2,1H3/b6-4-. The van der Waals surface area contributed by atoms with E-state index in [-0.39, 0.29) is 0 Å². The molecule has 0 amide bonds. The largest absolute Gasteiger partial charge is 0.0991 e. The van der Waals surface area contributed by atoms with E-state index in [1.807, 2.05) is 18.4 Å². The van der Waals surface area contributed by atoms with Crippen LogP contribution in [0.1, 0.15) is 6.92 Å². The molecule has 0 atom stereocenters. The minimum absolute atomic E-state index is 0.989. The highest BCUT2D eigenvalue weighted by Crippen LogP contribution is 2.14. The van der Waals surface area contributed by atoms with Crippen LogP contribution in [0.2, 0.25) is 0 Å². The fraction of sp³-hybridized carbons (Fsp3) is 0.143. The molecule has 0 rings (SSSR count). The zero-order chi connectivity index (χ0) is 6.41. The van der Waals surface area contributed by atoms with Crippen molar-refractivity contribution in [2.24, 2.45) is 0 Å². The van der Waals surface area contributed by atoms with Gasteiger partial charge in [0.25, 0.3) is 0 Å². The molecular formula is C7H10S. The van der Waals surface area contributed by atoms with Crippen molar-refractivity contribution in [3.8, 4) is 0 Å². The fourth-order valence-corrected chi connectivity index (χ4v) is 0.611. The highest BCUT2D eigenvalue weighted by atomic mass is 32.2. The zero-order valence-electron chi connectivity index (χ0n) is 5.05. The van der Waals surface area contributed by atoms with Gasteiger partial charge in [0.15, 0.2) is 0 Å². The molecule has 0 aliphatic rings. The van der Waals surface area contributed by atoms with Crippen LogP contribution in [0.3, 0.4) is 0 Å². The summed E-state index contributed by atoms with van der Waals surface area (Å²) >= 11 is 1.58. The van der Waals surface area contributed by atoms with Crippen LogP contribution in [0.5, 0.6) is 0 Å². The predicted molar refractivity (Wildman–Crippen MR) is 41.7 cm³/mol. The second-order valence-corrected chi connectivity index (χ2v) is 2.29. The van der Waals surface area contributed by atoms with Crippen LogP contribution in [-0.4, -0.2) is 0 Å². The number of rotatable bonds is 3. The van der Waals surface area contributed by atoms with Crippen molar-refractivity contribution < 1.29 is 0 Å². The number of allylic oxidation sites excluding steroid dienone is 2. The molecule has 0 saturated carbocycles. The van der Waals surface area contributed by atoms with Crippen LogP contribution in [-0.2, 0) is 0 Å². The summed E-state index contributed by atoms with van der Waals surface area (Å²) in [4.78, 5) is 0.989. The summed E-state index contributed by atoms with van der Waals surface area (Å²) < 4.78 is 0. The topological polar surface area (TPSA) is 0 Å². The fourth-order valence-electron chi connectivity index (χ4n) is 0.204. The number of hydrogen-bond acceptors (Lipinski definition) is 1. The number of hydrogen-bond donors (Lipinski definition) is 0. The lowest BCUT2D eigenvalue weighted by molar-refractivity contribution is 1.79. The maximum atomic E-state index is 3.70. The van der Waals surface area contributed by atoms with Gasteiger partial charge in [-0.2, -0.15) is 0 Å². The predicted octanol–water partition coefficient (Wildman–Crippen LogP) is 2.95. The molecule has 0 radical (unpaired) electrons. The smallest absolute Gasteiger partial charge is 0.00379 e. The molecule has 8 heavy (non-hydrogen) atoms. The molecule has 0 bridgehead atoms. The molecule has 0 heterocycles. The first-order valence-electron chi connectivity index (χ1n) is 2.40. The van der Waals surface area contributed by atoms with Crippen molar-refractivity contribution >= 4 is 11.8 Å². The van der Waals surface area contributed by atoms with E-state index in [4.69, 9.17) is 0 Å². The number of thioether (sulfide) groups is 1. The monoisotopic (exact) mass is 126 g/mol. The molecule has 0 N–H and O–H groups in total. The molecule has 0 fully saturated rings. The van der Waals surface area contributed by atoms with Crippen molar-refractivity contribution in [2.45, 2.75) is 6.92 Å². The van der Waals surface area contributed by atoms with Crippen LogP contribution < -0.4 is 0 Å². The van der Waals surface area contributed by atoms with E-state index in [0.29, 0.717) is 0 Å². The minimum Gasteiger partial charge on any atom is -0.0991 e. The lowest BCUT2D eigenvalue weighted by Gasteiger charge is -1.87. The van der Waals surface area contributed by atoms with Crippen molar-refractivity contribution in [2.75, 3.05) is 0 Å². The van der Waals surface area contributed by atoms with Crippen LogP contribution >= 0.6 is 11.8 Å². The quantitative estimate of drug-likeness (QED) is 0.524. The molecule has 0 aromatic heterocycles. The van der Waals surface area contributed by atoms with E-state index >= 15 is 0 Å². The van der Waals surface area contributed by atoms with Gasteiger partial charge >= 0.3 is 0 Å². The van der Waals surface area contributed by atoms with Crippen LogP contribution in [0.25, 0.3) is 0 Å². The van der Waals surface area contributed by atoms with Crippen molar-refractivity contribution in [3.05, 3.63) is 35.6 Å². The highest BCUT2D eigenvalue weighted by molar-refractivity contribution is 8.06. The molecule has 0 saturated heterocycles. The van der Waals surface area contributed by atoms with E-state index in [9.17, 15) is 0 Å². The summed E-state index contributed by atoms with van der Waals surface area (Å²) in [5.41, 5.74) is 0. The van der Waals surface area contributed by atoms with Gasteiger partial charge in [-0.3, -0.25) is 0 Å². The Kier molecular flexibility index (Phi) is 4.47. The average molecular weight is 126 g/mol. The summed E-state index contributed by atoms with van der Waals surface area (Å²) in [6, 6.07) is 0. The second-order valence-electron chi connectivity index (χ2n) is 1.26. The van der Waals surface area contributed by atoms with E-state index in [1.165, 1.54) is 0 Å². The van der Waals surface area contributed by atoms with Gasteiger partial charge in [0.05, 0.1) is 0 Å². The van der Waals surface area contributed by atoms with Gasteiger partial charge in [-0.25, -0.2) is 0 Å². The third-order valence-electron chi connectivity index (χ3n) is 0.583. The Morgan fingerprint density at radius 3 is 2.62 bits per heavy atom. The van der Waals surface area contributed by atoms with E-state index in [2.05, 4.69) is 13.2 Å². The van der Waals surface area contributed by atoms with Gasteiger partial charge < -0.3 is 0 Å². The van der Waals surface area contributed by atoms with Gasteiger partial charge in [-0.05, 0) is 12.3 Å². The highest BCUT2D eigenvalue weighted by Gasteiger charge is 1.78. The van der Waals surface area contributed by atoms with Gasteiger partial charge in [-0.1, -0.05) is 37.1 Å². The molecule has 1 heteroatoms. The summed E-state index contributed by atoms with van der Waals surface area (Å²) in [6.45, 7) is 9.24.